The molecule has 1 fully saturated rings. The molecule has 0 aliphatic carbocycles. The van der Waals surface area contributed by atoms with Crippen LogP contribution in [0.15, 0.2) is 12.1 Å². The lowest BCUT2D eigenvalue weighted by Gasteiger charge is -2.37. The van der Waals surface area contributed by atoms with Gasteiger partial charge >= 0.3 is 6.09 Å². The highest BCUT2D eigenvalue weighted by molar-refractivity contribution is 5.69. The van der Waals surface area contributed by atoms with Gasteiger partial charge in [0.1, 0.15) is 17.2 Å². The normalized spacial score (nSPS) is 15.5. The van der Waals surface area contributed by atoms with Crippen molar-refractivity contribution >= 4 is 17.5 Å². The smallest absolute Gasteiger partial charge is 0.410 e. The molecule has 0 saturated carbocycles. The Balaban J connectivity index is 2.03. The molecule has 7 heteroatoms. The Kier molecular flexibility index (Phi) is 4.87. The van der Waals surface area contributed by atoms with Crippen LogP contribution in [-0.2, 0) is 4.74 Å². The molecule has 128 valence electrons. The number of nitrogens with two attached hydrogens (primary N) is 1. The molecular formula is C16H24FN3O3. The molecular weight excluding hydrogens is 301 g/mol. The van der Waals surface area contributed by atoms with Gasteiger partial charge in [0.25, 0.3) is 0 Å². The molecule has 1 aromatic carbocycles. The summed E-state index contributed by atoms with van der Waals surface area (Å²) in [5, 5.41) is 0. The van der Waals surface area contributed by atoms with E-state index in [2.05, 4.69) is 0 Å². The second-order valence-corrected chi connectivity index (χ2v) is 6.50. The van der Waals surface area contributed by atoms with Crippen molar-refractivity contribution in [2.24, 2.45) is 0 Å². The molecule has 6 nitrogen and oxygen atoms in total. The molecule has 1 aromatic rings. The molecule has 1 amide bonds. The minimum atomic E-state index is -0.523. The third-order valence-electron chi connectivity index (χ3n) is 3.57. The molecule has 1 saturated heterocycles. The molecule has 1 heterocycles. The molecule has 2 rings (SSSR count). The summed E-state index contributed by atoms with van der Waals surface area (Å²) in [6, 6.07) is 2.85. The van der Waals surface area contributed by atoms with E-state index >= 15 is 0 Å². The van der Waals surface area contributed by atoms with E-state index in [1.807, 2.05) is 25.7 Å². The van der Waals surface area contributed by atoms with Crippen LogP contribution in [-0.4, -0.2) is 49.9 Å². The van der Waals surface area contributed by atoms with Crippen LogP contribution in [0.1, 0.15) is 20.8 Å². The van der Waals surface area contributed by atoms with E-state index in [0.717, 1.165) is 0 Å². The van der Waals surface area contributed by atoms with Gasteiger partial charge in [-0.15, -0.1) is 0 Å². The lowest BCUT2D eigenvalue weighted by atomic mass is 10.2. The number of methoxy groups -OCH3 is 1. The van der Waals surface area contributed by atoms with E-state index in [1.165, 1.54) is 13.2 Å². The Hall–Kier alpha value is -2.18. The summed E-state index contributed by atoms with van der Waals surface area (Å²) in [4.78, 5) is 15.5. The number of nitrogens with zero attached hydrogens (tertiary/aromatic N) is 2. The fraction of sp³-hybridized carbons (Fsp3) is 0.562. The number of rotatable bonds is 2. The zero-order valence-corrected chi connectivity index (χ0v) is 14.1. The SMILES string of the molecule is COc1cc(N2CCN(C(=O)OC(C)(C)C)CC2)c(F)cc1N. The largest absolute Gasteiger partial charge is 0.495 e. The van der Waals surface area contributed by atoms with Gasteiger partial charge in [0.2, 0.25) is 0 Å². The maximum absolute atomic E-state index is 14.1. The lowest BCUT2D eigenvalue weighted by Crippen LogP contribution is -2.50. The summed E-state index contributed by atoms with van der Waals surface area (Å²) in [5.74, 6) is 0.0463. The zero-order valence-electron chi connectivity index (χ0n) is 14.1. The number of hydrogen-bond acceptors (Lipinski definition) is 5. The van der Waals surface area contributed by atoms with E-state index in [9.17, 15) is 9.18 Å². The van der Waals surface area contributed by atoms with Crippen molar-refractivity contribution in [2.45, 2.75) is 26.4 Å². The number of benzene rings is 1. The molecule has 0 radical (unpaired) electrons. The Morgan fingerprint density at radius 3 is 2.35 bits per heavy atom. The number of ether oxygens (including phenoxy) is 2. The van der Waals surface area contributed by atoms with Crippen LogP contribution in [0.5, 0.6) is 5.75 Å². The fourth-order valence-electron chi connectivity index (χ4n) is 2.43. The van der Waals surface area contributed by atoms with Gasteiger partial charge in [0, 0.05) is 38.3 Å². The monoisotopic (exact) mass is 325 g/mol. The van der Waals surface area contributed by atoms with Crippen molar-refractivity contribution < 1.29 is 18.7 Å². The standard InChI is InChI=1S/C16H24FN3O3/c1-16(2,3)23-15(21)20-7-5-19(6-8-20)13-10-14(22-4)12(18)9-11(13)17/h9-10H,5-8,18H2,1-4H3. The molecule has 1 aliphatic rings. The van der Waals surface area contributed by atoms with Gasteiger partial charge in [-0.1, -0.05) is 0 Å². The lowest BCUT2D eigenvalue weighted by molar-refractivity contribution is 0.0240. The van der Waals surface area contributed by atoms with Crippen molar-refractivity contribution in [3.8, 4) is 5.75 Å². The number of piperazine rings is 1. The van der Waals surface area contributed by atoms with Crippen LogP contribution in [0.4, 0.5) is 20.6 Å². The first-order chi connectivity index (χ1) is 10.7. The van der Waals surface area contributed by atoms with Gasteiger partial charge in [-0.2, -0.15) is 0 Å². The fourth-order valence-corrected chi connectivity index (χ4v) is 2.43. The zero-order chi connectivity index (χ0) is 17.2. The van der Waals surface area contributed by atoms with Crippen LogP contribution in [0, 0.1) is 5.82 Å². The van der Waals surface area contributed by atoms with Crippen molar-refractivity contribution in [2.75, 3.05) is 43.9 Å². The summed E-state index contributed by atoms with van der Waals surface area (Å²) >= 11 is 0. The van der Waals surface area contributed by atoms with E-state index < -0.39 is 11.4 Å². The number of anilines is 2. The summed E-state index contributed by atoms with van der Waals surface area (Å²) in [5.41, 5.74) is 5.87. The first kappa shape index (κ1) is 17.2. The predicted octanol–water partition coefficient (Wildman–Crippen LogP) is 2.47. The third kappa shape index (κ3) is 4.18. The summed E-state index contributed by atoms with van der Waals surface area (Å²) in [6.07, 6.45) is -0.340. The summed E-state index contributed by atoms with van der Waals surface area (Å²) in [7, 11) is 1.49. The minimum Gasteiger partial charge on any atom is -0.495 e. The van der Waals surface area contributed by atoms with Crippen molar-refractivity contribution in [1.29, 1.82) is 0 Å². The quantitative estimate of drug-likeness (QED) is 0.846. The van der Waals surface area contributed by atoms with Gasteiger partial charge in [0.05, 0.1) is 18.5 Å². The van der Waals surface area contributed by atoms with Crippen LogP contribution in [0.3, 0.4) is 0 Å². The molecule has 1 aliphatic heterocycles. The maximum atomic E-state index is 14.1. The molecule has 2 N–H and O–H groups in total. The number of halogens is 1. The van der Waals surface area contributed by atoms with Crippen LogP contribution < -0.4 is 15.4 Å². The van der Waals surface area contributed by atoms with Gasteiger partial charge < -0.3 is 25.0 Å². The number of carbonyl (C=O) groups excluding carboxylic acids is 1. The Morgan fingerprint density at radius 2 is 1.83 bits per heavy atom. The van der Waals surface area contributed by atoms with Gasteiger partial charge in [-0.25, -0.2) is 9.18 Å². The van der Waals surface area contributed by atoms with Crippen LogP contribution >= 0.6 is 0 Å². The van der Waals surface area contributed by atoms with Gasteiger partial charge in [-0.05, 0) is 20.8 Å². The van der Waals surface area contributed by atoms with Gasteiger partial charge in [-0.3, -0.25) is 0 Å². The Labute approximate surface area is 135 Å². The van der Waals surface area contributed by atoms with E-state index in [-0.39, 0.29) is 11.8 Å². The molecule has 0 atom stereocenters. The van der Waals surface area contributed by atoms with Crippen molar-refractivity contribution in [3.63, 3.8) is 0 Å². The average molecular weight is 325 g/mol. The molecule has 0 unspecified atom stereocenters. The molecule has 0 spiro atoms. The van der Waals surface area contributed by atoms with Crippen LogP contribution in [0.2, 0.25) is 0 Å². The first-order valence-electron chi connectivity index (χ1n) is 7.57. The minimum absolute atomic E-state index is 0.265. The number of hydrogen-bond donors (Lipinski definition) is 1. The average Bonchev–Trinajstić information content (AvgIpc) is 2.46. The highest BCUT2D eigenvalue weighted by Gasteiger charge is 2.27. The van der Waals surface area contributed by atoms with E-state index in [4.69, 9.17) is 15.2 Å². The highest BCUT2D eigenvalue weighted by atomic mass is 19.1. The summed E-state index contributed by atoms with van der Waals surface area (Å²) in [6.45, 7) is 7.47. The topological polar surface area (TPSA) is 68.0 Å². The molecule has 23 heavy (non-hydrogen) atoms. The number of amides is 1. The van der Waals surface area contributed by atoms with Crippen LogP contribution in [0.25, 0.3) is 0 Å². The first-order valence-corrected chi connectivity index (χ1v) is 7.57. The van der Waals surface area contributed by atoms with Gasteiger partial charge in [0.15, 0.2) is 0 Å². The molecule has 0 aromatic heterocycles. The number of carbonyl (C=O) groups is 1. The third-order valence-corrected chi connectivity index (χ3v) is 3.57. The second kappa shape index (κ2) is 6.52. The predicted molar refractivity (Wildman–Crippen MR) is 87.4 cm³/mol. The van der Waals surface area contributed by atoms with Crippen molar-refractivity contribution in [3.05, 3.63) is 17.9 Å². The summed E-state index contributed by atoms with van der Waals surface area (Å²) < 4.78 is 24.6. The van der Waals surface area contributed by atoms with E-state index in [1.54, 1.807) is 11.0 Å². The van der Waals surface area contributed by atoms with E-state index in [0.29, 0.717) is 37.6 Å². The highest BCUT2D eigenvalue weighted by Crippen LogP contribution is 2.31. The number of nitrogen functional groups attached to an aromatic ring is 1. The second-order valence-electron chi connectivity index (χ2n) is 6.50. The molecule has 0 bridgehead atoms. The van der Waals surface area contributed by atoms with Crippen molar-refractivity contribution in [1.82, 2.24) is 4.90 Å². The maximum Gasteiger partial charge on any atom is 0.410 e. The Morgan fingerprint density at radius 1 is 1.22 bits per heavy atom. The Bertz CT molecular complexity index is 579.